The second-order valence-electron chi connectivity index (χ2n) is 4.57. The molecule has 0 aromatic heterocycles. The van der Waals surface area contributed by atoms with E-state index < -0.39 is 5.97 Å². The fourth-order valence-corrected chi connectivity index (χ4v) is 3.47. The first-order valence-corrected chi connectivity index (χ1v) is 8.20. The molecule has 1 aliphatic heterocycles. The van der Waals surface area contributed by atoms with Gasteiger partial charge in [-0.05, 0) is 18.2 Å². The summed E-state index contributed by atoms with van der Waals surface area (Å²) in [6.07, 6.45) is -0.0658. The molecule has 1 saturated heterocycles. The van der Waals surface area contributed by atoms with E-state index in [1.54, 1.807) is 34.9 Å². The maximum Gasteiger partial charge on any atom is 0.322 e. The van der Waals surface area contributed by atoms with E-state index in [2.05, 4.69) is 5.32 Å². The zero-order chi connectivity index (χ0) is 15.4. The number of carboxylic acid groups (broad SMARTS) is 1. The summed E-state index contributed by atoms with van der Waals surface area (Å²) in [5.74, 6) is 0.483. The highest BCUT2D eigenvalue weighted by atomic mass is 35.5. The standard InChI is InChI=1S/C13H14Cl2N2O3S/c14-8-1-2-10(15)11(5-8)16-13(20)17-3-4-21-7-9(17)6-12(18)19/h1-2,5,9H,3-4,6-7H2,(H,16,20)(H,18,19). The number of benzene rings is 1. The van der Waals surface area contributed by atoms with E-state index in [0.717, 1.165) is 5.75 Å². The normalized spacial score (nSPS) is 18.4. The van der Waals surface area contributed by atoms with Crippen molar-refractivity contribution in [2.24, 2.45) is 0 Å². The number of thioether (sulfide) groups is 1. The second-order valence-corrected chi connectivity index (χ2v) is 6.57. The summed E-state index contributed by atoms with van der Waals surface area (Å²) in [5.41, 5.74) is 0.418. The van der Waals surface area contributed by atoms with Crippen molar-refractivity contribution < 1.29 is 14.7 Å². The van der Waals surface area contributed by atoms with Crippen LogP contribution in [0.15, 0.2) is 18.2 Å². The molecule has 1 aromatic rings. The monoisotopic (exact) mass is 348 g/mol. The van der Waals surface area contributed by atoms with Gasteiger partial charge in [-0.25, -0.2) is 4.79 Å². The van der Waals surface area contributed by atoms with Gasteiger partial charge in [-0.2, -0.15) is 11.8 Å². The van der Waals surface area contributed by atoms with Crippen LogP contribution in [0.1, 0.15) is 6.42 Å². The van der Waals surface area contributed by atoms with E-state index in [4.69, 9.17) is 28.3 Å². The molecule has 5 nitrogen and oxygen atoms in total. The molecule has 1 heterocycles. The molecule has 2 amide bonds. The van der Waals surface area contributed by atoms with Crippen molar-refractivity contribution in [3.63, 3.8) is 0 Å². The van der Waals surface area contributed by atoms with Crippen LogP contribution in [0.25, 0.3) is 0 Å². The number of nitrogens with zero attached hydrogens (tertiary/aromatic N) is 1. The number of halogens is 2. The molecule has 0 aliphatic carbocycles. The molecule has 0 radical (unpaired) electrons. The van der Waals surface area contributed by atoms with Crippen molar-refractivity contribution in [3.8, 4) is 0 Å². The molecular weight excluding hydrogens is 335 g/mol. The Labute approximate surface area is 136 Å². The number of carbonyl (C=O) groups is 2. The summed E-state index contributed by atoms with van der Waals surface area (Å²) in [6, 6.07) is 4.11. The number of carbonyl (C=O) groups excluding carboxylic acids is 1. The fourth-order valence-electron chi connectivity index (χ4n) is 2.07. The number of amides is 2. The van der Waals surface area contributed by atoms with Crippen LogP contribution in [-0.4, -0.2) is 46.1 Å². The lowest BCUT2D eigenvalue weighted by molar-refractivity contribution is -0.137. The Morgan fingerprint density at radius 3 is 2.90 bits per heavy atom. The Bertz CT molecular complexity index is 556. The van der Waals surface area contributed by atoms with Crippen LogP contribution >= 0.6 is 35.0 Å². The number of anilines is 1. The molecule has 21 heavy (non-hydrogen) atoms. The van der Waals surface area contributed by atoms with Crippen LogP contribution in [0, 0.1) is 0 Å². The molecule has 8 heteroatoms. The molecular formula is C13H14Cl2N2O3S. The largest absolute Gasteiger partial charge is 0.481 e. The summed E-state index contributed by atoms with van der Waals surface area (Å²) in [6.45, 7) is 0.507. The number of hydrogen-bond donors (Lipinski definition) is 2. The van der Waals surface area contributed by atoms with Crippen LogP contribution < -0.4 is 5.32 Å². The van der Waals surface area contributed by atoms with Gasteiger partial charge in [0.25, 0.3) is 0 Å². The lowest BCUT2D eigenvalue weighted by Gasteiger charge is -2.34. The molecule has 0 bridgehead atoms. The third kappa shape index (κ3) is 4.43. The SMILES string of the molecule is O=C(O)CC1CSCCN1C(=O)Nc1cc(Cl)ccc1Cl. The summed E-state index contributed by atoms with van der Waals surface area (Å²) >= 11 is 13.5. The average molecular weight is 349 g/mol. The second kappa shape index (κ2) is 7.24. The van der Waals surface area contributed by atoms with Crippen LogP contribution in [0.4, 0.5) is 10.5 Å². The van der Waals surface area contributed by atoms with E-state index in [1.807, 2.05) is 0 Å². The predicted octanol–water partition coefficient (Wildman–Crippen LogP) is 3.42. The minimum absolute atomic E-state index is 0.0658. The molecule has 1 unspecified atom stereocenters. The van der Waals surface area contributed by atoms with Gasteiger partial charge in [-0.15, -0.1) is 0 Å². The Hall–Kier alpha value is -1.11. The molecule has 1 aliphatic rings. The molecule has 114 valence electrons. The van der Waals surface area contributed by atoms with Gasteiger partial charge in [0.1, 0.15) is 0 Å². The van der Waals surface area contributed by atoms with E-state index in [9.17, 15) is 9.59 Å². The Morgan fingerprint density at radius 2 is 2.19 bits per heavy atom. The predicted molar refractivity (Wildman–Crippen MR) is 85.6 cm³/mol. The number of aliphatic carboxylic acids is 1. The zero-order valence-corrected chi connectivity index (χ0v) is 13.3. The number of nitrogens with one attached hydrogen (secondary N) is 1. The van der Waals surface area contributed by atoms with Crippen molar-refractivity contribution in [2.75, 3.05) is 23.4 Å². The van der Waals surface area contributed by atoms with Gasteiger partial charge in [-0.1, -0.05) is 23.2 Å². The van der Waals surface area contributed by atoms with Crippen LogP contribution in [-0.2, 0) is 4.79 Å². The van der Waals surface area contributed by atoms with Crippen molar-refractivity contribution in [3.05, 3.63) is 28.2 Å². The van der Waals surface area contributed by atoms with Gasteiger partial charge < -0.3 is 15.3 Å². The molecule has 1 aromatic carbocycles. The number of hydrogen-bond acceptors (Lipinski definition) is 3. The van der Waals surface area contributed by atoms with Crippen molar-refractivity contribution in [1.82, 2.24) is 4.90 Å². The first kappa shape index (κ1) is 16.3. The van der Waals surface area contributed by atoms with Gasteiger partial charge in [0, 0.05) is 23.1 Å². The maximum absolute atomic E-state index is 12.3. The molecule has 1 fully saturated rings. The topological polar surface area (TPSA) is 69.6 Å². The van der Waals surface area contributed by atoms with E-state index in [0.29, 0.717) is 28.0 Å². The third-order valence-electron chi connectivity index (χ3n) is 3.07. The van der Waals surface area contributed by atoms with Crippen molar-refractivity contribution in [1.29, 1.82) is 0 Å². The Kier molecular flexibility index (Phi) is 5.61. The smallest absolute Gasteiger partial charge is 0.322 e. The quantitative estimate of drug-likeness (QED) is 0.877. The number of carboxylic acids is 1. The van der Waals surface area contributed by atoms with Gasteiger partial charge in [0.05, 0.1) is 23.2 Å². The molecule has 0 saturated carbocycles. The fraction of sp³-hybridized carbons (Fsp3) is 0.385. The van der Waals surface area contributed by atoms with Crippen molar-refractivity contribution >= 4 is 52.7 Å². The molecule has 2 rings (SSSR count). The maximum atomic E-state index is 12.3. The lowest BCUT2D eigenvalue weighted by atomic mass is 10.2. The Morgan fingerprint density at radius 1 is 1.43 bits per heavy atom. The Balaban J connectivity index is 2.10. The number of rotatable bonds is 3. The summed E-state index contributed by atoms with van der Waals surface area (Å²) in [7, 11) is 0. The summed E-state index contributed by atoms with van der Waals surface area (Å²) in [4.78, 5) is 24.8. The van der Waals surface area contributed by atoms with E-state index in [1.165, 1.54) is 0 Å². The first-order valence-electron chi connectivity index (χ1n) is 6.29. The highest BCUT2D eigenvalue weighted by molar-refractivity contribution is 7.99. The highest BCUT2D eigenvalue weighted by Gasteiger charge is 2.29. The minimum Gasteiger partial charge on any atom is -0.481 e. The van der Waals surface area contributed by atoms with Gasteiger partial charge in [0.2, 0.25) is 0 Å². The van der Waals surface area contributed by atoms with Crippen LogP contribution in [0.5, 0.6) is 0 Å². The average Bonchev–Trinajstić information content (AvgIpc) is 2.42. The van der Waals surface area contributed by atoms with Crippen LogP contribution in [0.3, 0.4) is 0 Å². The van der Waals surface area contributed by atoms with Gasteiger partial charge in [0.15, 0.2) is 0 Å². The highest BCUT2D eigenvalue weighted by Crippen LogP contribution is 2.27. The summed E-state index contributed by atoms with van der Waals surface area (Å²) < 4.78 is 0. The molecule has 2 N–H and O–H groups in total. The minimum atomic E-state index is -0.916. The molecule has 1 atom stereocenters. The van der Waals surface area contributed by atoms with E-state index >= 15 is 0 Å². The first-order chi connectivity index (χ1) is 9.97. The zero-order valence-electron chi connectivity index (χ0n) is 11.0. The summed E-state index contributed by atoms with van der Waals surface area (Å²) in [5, 5.41) is 12.5. The van der Waals surface area contributed by atoms with Crippen LogP contribution in [0.2, 0.25) is 10.0 Å². The van der Waals surface area contributed by atoms with Crippen molar-refractivity contribution in [2.45, 2.75) is 12.5 Å². The van der Waals surface area contributed by atoms with E-state index in [-0.39, 0.29) is 18.5 Å². The number of urea groups is 1. The van der Waals surface area contributed by atoms with Gasteiger partial charge in [-0.3, -0.25) is 4.79 Å². The third-order valence-corrected chi connectivity index (χ3v) is 4.73. The van der Waals surface area contributed by atoms with Gasteiger partial charge >= 0.3 is 12.0 Å². The molecule has 0 spiro atoms. The lowest BCUT2D eigenvalue weighted by Crippen LogP contribution is -2.48.